The monoisotopic (exact) mass is 409 g/mol. The molecule has 1 aliphatic heterocycles. The summed E-state index contributed by atoms with van der Waals surface area (Å²) < 4.78 is 0. The number of carbonyl (C=O) groups is 2. The summed E-state index contributed by atoms with van der Waals surface area (Å²) in [6, 6.07) is -0.256. The molecule has 170 valence electrons. The normalized spacial score (nSPS) is 16.8. The summed E-state index contributed by atoms with van der Waals surface area (Å²) in [6.07, 6.45) is 19.2. The summed E-state index contributed by atoms with van der Waals surface area (Å²) >= 11 is 0. The highest BCUT2D eigenvalue weighted by Gasteiger charge is 2.31. The van der Waals surface area contributed by atoms with Crippen LogP contribution in [0.3, 0.4) is 0 Å². The molecule has 0 aliphatic carbocycles. The van der Waals surface area contributed by atoms with Crippen molar-refractivity contribution in [1.82, 2.24) is 10.2 Å². The Morgan fingerprint density at radius 3 is 2.14 bits per heavy atom. The van der Waals surface area contributed by atoms with Crippen LogP contribution in [0.15, 0.2) is 0 Å². The standard InChI is InChI=1S/C24H47N3O2/c1-2-3-4-5-6-7-8-9-10-12-18-23(28)27-21-16-13-17-22(27)24(29)26-20-15-11-14-19-25/h22H,2-21,25H2,1H3,(H,26,29). The summed E-state index contributed by atoms with van der Waals surface area (Å²) in [5, 5.41) is 3.03. The van der Waals surface area contributed by atoms with Crippen LogP contribution in [0.25, 0.3) is 0 Å². The molecule has 5 heteroatoms. The van der Waals surface area contributed by atoms with Crippen LogP contribution in [0.2, 0.25) is 0 Å². The molecule has 1 atom stereocenters. The molecule has 0 spiro atoms. The number of rotatable bonds is 17. The minimum absolute atomic E-state index is 0.0360. The van der Waals surface area contributed by atoms with Gasteiger partial charge in [0.05, 0.1) is 0 Å². The van der Waals surface area contributed by atoms with E-state index in [2.05, 4.69) is 12.2 Å². The molecular weight excluding hydrogens is 362 g/mol. The van der Waals surface area contributed by atoms with Crippen molar-refractivity contribution in [2.75, 3.05) is 19.6 Å². The van der Waals surface area contributed by atoms with Crippen LogP contribution in [0, 0.1) is 0 Å². The maximum absolute atomic E-state index is 12.7. The van der Waals surface area contributed by atoms with Gasteiger partial charge in [0, 0.05) is 19.5 Å². The van der Waals surface area contributed by atoms with Gasteiger partial charge in [-0.2, -0.15) is 0 Å². The molecule has 0 saturated carbocycles. The highest BCUT2D eigenvalue weighted by atomic mass is 16.2. The second-order valence-electron chi connectivity index (χ2n) is 8.67. The number of hydrogen-bond donors (Lipinski definition) is 2. The lowest BCUT2D eigenvalue weighted by molar-refractivity contribution is -0.142. The molecule has 1 saturated heterocycles. The van der Waals surface area contributed by atoms with E-state index in [0.717, 1.165) is 57.9 Å². The van der Waals surface area contributed by atoms with Gasteiger partial charge in [-0.25, -0.2) is 0 Å². The summed E-state index contributed by atoms with van der Waals surface area (Å²) in [5.74, 6) is 0.210. The molecule has 2 amide bonds. The number of piperidine rings is 1. The highest BCUT2D eigenvalue weighted by molar-refractivity contribution is 5.87. The van der Waals surface area contributed by atoms with E-state index in [9.17, 15) is 9.59 Å². The van der Waals surface area contributed by atoms with Gasteiger partial charge in [-0.1, -0.05) is 71.1 Å². The van der Waals surface area contributed by atoms with E-state index < -0.39 is 0 Å². The smallest absolute Gasteiger partial charge is 0.242 e. The fourth-order valence-electron chi connectivity index (χ4n) is 4.19. The Labute approximate surface area is 179 Å². The molecule has 0 aromatic heterocycles. The summed E-state index contributed by atoms with van der Waals surface area (Å²) in [7, 11) is 0. The van der Waals surface area contributed by atoms with Crippen molar-refractivity contribution in [2.45, 2.75) is 122 Å². The first-order valence-corrected chi connectivity index (χ1v) is 12.5. The van der Waals surface area contributed by atoms with Crippen molar-refractivity contribution in [2.24, 2.45) is 5.73 Å². The number of unbranched alkanes of at least 4 members (excludes halogenated alkanes) is 11. The van der Waals surface area contributed by atoms with E-state index in [1.807, 2.05) is 4.90 Å². The van der Waals surface area contributed by atoms with E-state index in [4.69, 9.17) is 5.73 Å². The summed E-state index contributed by atoms with van der Waals surface area (Å²) in [5.41, 5.74) is 5.50. The first-order valence-electron chi connectivity index (χ1n) is 12.5. The predicted octanol–water partition coefficient (Wildman–Crippen LogP) is 4.92. The first-order chi connectivity index (χ1) is 14.2. The highest BCUT2D eigenvalue weighted by Crippen LogP contribution is 2.19. The minimum atomic E-state index is -0.256. The SMILES string of the molecule is CCCCCCCCCCCCC(=O)N1CCCCC1C(=O)NCCCCCN. The number of hydrogen-bond acceptors (Lipinski definition) is 3. The van der Waals surface area contributed by atoms with Crippen molar-refractivity contribution < 1.29 is 9.59 Å². The lowest BCUT2D eigenvalue weighted by atomic mass is 10.00. The first kappa shape index (κ1) is 25.9. The van der Waals surface area contributed by atoms with E-state index in [1.54, 1.807) is 0 Å². The molecule has 3 N–H and O–H groups in total. The summed E-state index contributed by atoms with van der Waals surface area (Å²) in [4.78, 5) is 27.1. The summed E-state index contributed by atoms with van der Waals surface area (Å²) in [6.45, 7) is 4.39. The van der Waals surface area contributed by atoms with Gasteiger partial charge < -0.3 is 16.0 Å². The Bertz CT molecular complexity index is 428. The van der Waals surface area contributed by atoms with Crippen molar-refractivity contribution in [3.63, 3.8) is 0 Å². The molecule has 1 heterocycles. The molecular formula is C24H47N3O2. The van der Waals surface area contributed by atoms with Crippen molar-refractivity contribution in [3.05, 3.63) is 0 Å². The average molecular weight is 410 g/mol. The fraction of sp³-hybridized carbons (Fsp3) is 0.917. The number of nitrogens with one attached hydrogen (secondary N) is 1. The van der Waals surface area contributed by atoms with E-state index >= 15 is 0 Å². The van der Waals surface area contributed by atoms with E-state index in [-0.39, 0.29) is 17.9 Å². The number of nitrogens with two attached hydrogens (primary N) is 1. The number of nitrogens with zero attached hydrogens (tertiary/aromatic N) is 1. The van der Waals surface area contributed by atoms with Crippen LogP contribution in [0.4, 0.5) is 0 Å². The molecule has 0 bridgehead atoms. The van der Waals surface area contributed by atoms with Gasteiger partial charge in [0.25, 0.3) is 0 Å². The minimum Gasteiger partial charge on any atom is -0.354 e. The van der Waals surface area contributed by atoms with Crippen LogP contribution >= 0.6 is 0 Å². The van der Waals surface area contributed by atoms with Crippen LogP contribution in [0.1, 0.15) is 116 Å². The van der Waals surface area contributed by atoms with Gasteiger partial charge >= 0.3 is 0 Å². The lowest BCUT2D eigenvalue weighted by Gasteiger charge is -2.35. The fourth-order valence-corrected chi connectivity index (χ4v) is 4.19. The van der Waals surface area contributed by atoms with Crippen LogP contribution in [0.5, 0.6) is 0 Å². The molecule has 0 radical (unpaired) electrons. The molecule has 1 unspecified atom stereocenters. The van der Waals surface area contributed by atoms with Crippen LogP contribution < -0.4 is 11.1 Å². The Morgan fingerprint density at radius 2 is 1.48 bits per heavy atom. The topological polar surface area (TPSA) is 75.4 Å². The Morgan fingerprint density at radius 1 is 0.862 bits per heavy atom. The van der Waals surface area contributed by atoms with Gasteiger partial charge in [0.2, 0.25) is 11.8 Å². The van der Waals surface area contributed by atoms with Crippen molar-refractivity contribution in [1.29, 1.82) is 0 Å². The Balaban J connectivity index is 2.17. The van der Waals surface area contributed by atoms with Gasteiger partial charge in [-0.05, 0) is 45.1 Å². The quantitative estimate of drug-likeness (QED) is 0.335. The largest absolute Gasteiger partial charge is 0.354 e. The second kappa shape index (κ2) is 17.7. The third-order valence-electron chi connectivity index (χ3n) is 6.05. The molecule has 1 rings (SSSR count). The Hall–Kier alpha value is -1.10. The van der Waals surface area contributed by atoms with E-state index in [1.165, 1.54) is 51.4 Å². The lowest BCUT2D eigenvalue weighted by Crippen LogP contribution is -2.52. The molecule has 1 fully saturated rings. The molecule has 5 nitrogen and oxygen atoms in total. The van der Waals surface area contributed by atoms with Gasteiger partial charge in [-0.3, -0.25) is 9.59 Å². The third-order valence-corrected chi connectivity index (χ3v) is 6.05. The maximum atomic E-state index is 12.7. The number of carbonyl (C=O) groups excluding carboxylic acids is 2. The number of amides is 2. The zero-order chi connectivity index (χ0) is 21.2. The molecule has 0 aromatic rings. The third kappa shape index (κ3) is 12.2. The maximum Gasteiger partial charge on any atom is 0.242 e. The second-order valence-corrected chi connectivity index (χ2v) is 8.67. The van der Waals surface area contributed by atoms with Gasteiger partial charge in [-0.15, -0.1) is 0 Å². The molecule has 1 aliphatic rings. The number of likely N-dealkylation sites (tertiary alicyclic amines) is 1. The molecule has 29 heavy (non-hydrogen) atoms. The van der Waals surface area contributed by atoms with Crippen LogP contribution in [-0.2, 0) is 9.59 Å². The van der Waals surface area contributed by atoms with Gasteiger partial charge in [0.1, 0.15) is 6.04 Å². The van der Waals surface area contributed by atoms with Crippen molar-refractivity contribution >= 4 is 11.8 Å². The van der Waals surface area contributed by atoms with E-state index in [0.29, 0.717) is 19.5 Å². The van der Waals surface area contributed by atoms with Crippen LogP contribution in [-0.4, -0.2) is 42.4 Å². The molecule has 0 aromatic carbocycles. The average Bonchev–Trinajstić information content (AvgIpc) is 2.74. The zero-order valence-electron chi connectivity index (χ0n) is 19.1. The predicted molar refractivity (Wildman–Crippen MR) is 122 cm³/mol. The zero-order valence-corrected chi connectivity index (χ0v) is 19.1. The Kier molecular flexibility index (Phi) is 15.9. The van der Waals surface area contributed by atoms with Gasteiger partial charge in [0.15, 0.2) is 0 Å². The van der Waals surface area contributed by atoms with Crippen molar-refractivity contribution in [3.8, 4) is 0 Å².